The molecule has 0 amide bonds. The zero-order valence-corrected chi connectivity index (χ0v) is 10.7. The molecule has 18 heavy (non-hydrogen) atoms. The Morgan fingerprint density at radius 3 is 2.94 bits per heavy atom. The Hall–Kier alpha value is -1.75. The quantitative estimate of drug-likeness (QED) is 0.839. The van der Waals surface area contributed by atoms with Gasteiger partial charge in [-0.1, -0.05) is 11.6 Å². The average Bonchev–Trinajstić information content (AvgIpc) is 2.71. The van der Waals surface area contributed by atoms with Crippen molar-refractivity contribution in [3.63, 3.8) is 0 Å². The second-order valence-electron chi connectivity index (χ2n) is 4.06. The molecule has 96 valence electrons. The van der Waals surface area contributed by atoms with Gasteiger partial charge in [-0.3, -0.25) is 4.68 Å². The highest BCUT2D eigenvalue weighted by atomic mass is 35.5. The normalized spacial score (nSPS) is 10.6. The molecule has 0 unspecified atom stereocenters. The summed E-state index contributed by atoms with van der Waals surface area (Å²) in [6, 6.07) is 2.70. The minimum absolute atomic E-state index is 0.0285. The third kappa shape index (κ3) is 2.92. The van der Waals surface area contributed by atoms with Crippen LogP contribution in [0.3, 0.4) is 0 Å². The van der Waals surface area contributed by atoms with Gasteiger partial charge in [0.2, 0.25) is 0 Å². The molecule has 1 aromatic carbocycles. The number of hydrogen-bond donors (Lipinski definition) is 2. The van der Waals surface area contributed by atoms with Gasteiger partial charge in [-0.15, -0.1) is 0 Å². The van der Waals surface area contributed by atoms with Gasteiger partial charge in [-0.05, 0) is 18.6 Å². The zero-order valence-electron chi connectivity index (χ0n) is 9.95. The van der Waals surface area contributed by atoms with Crippen molar-refractivity contribution in [1.82, 2.24) is 9.78 Å². The van der Waals surface area contributed by atoms with Crippen molar-refractivity contribution in [3.05, 3.63) is 40.9 Å². The van der Waals surface area contributed by atoms with Crippen molar-refractivity contribution in [2.45, 2.75) is 13.5 Å². The van der Waals surface area contributed by atoms with Gasteiger partial charge < -0.3 is 11.1 Å². The maximum Gasteiger partial charge on any atom is 0.143 e. The maximum atomic E-state index is 13.3. The molecule has 1 heterocycles. The summed E-state index contributed by atoms with van der Waals surface area (Å²) in [5, 5.41) is 7.23. The van der Waals surface area contributed by atoms with E-state index < -0.39 is 5.82 Å². The standard InChI is InChI=1S/C12H14ClFN4/c1-8-6-17-18(7-8)3-2-16-12-5-10(14)9(13)4-11(12)15/h4-7,16H,2-3,15H2,1H3. The predicted octanol–water partition coefficient (Wildman–Crippen LogP) is 2.68. The Balaban J connectivity index is 1.96. The number of anilines is 2. The molecule has 1 aromatic heterocycles. The molecule has 0 saturated carbocycles. The van der Waals surface area contributed by atoms with E-state index in [4.69, 9.17) is 17.3 Å². The minimum atomic E-state index is -0.483. The molecule has 2 rings (SSSR count). The lowest BCUT2D eigenvalue weighted by Crippen LogP contribution is -2.12. The second-order valence-corrected chi connectivity index (χ2v) is 4.47. The number of nitrogens with one attached hydrogen (secondary N) is 1. The summed E-state index contributed by atoms with van der Waals surface area (Å²) < 4.78 is 15.1. The van der Waals surface area contributed by atoms with Crippen molar-refractivity contribution in [2.24, 2.45) is 0 Å². The monoisotopic (exact) mass is 268 g/mol. The molecule has 0 aliphatic carbocycles. The highest BCUT2D eigenvalue weighted by Crippen LogP contribution is 2.25. The molecule has 4 nitrogen and oxygen atoms in total. The molecule has 0 aliphatic heterocycles. The summed E-state index contributed by atoms with van der Waals surface area (Å²) in [5.41, 5.74) is 7.81. The van der Waals surface area contributed by atoms with Gasteiger partial charge in [-0.2, -0.15) is 5.10 Å². The summed E-state index contributed by atoms with van der Waals surface area (Å²) in [5.74, 6) is -0.483. The number of aryl methyl sites for hydroxylation is 1. The molecule has 0 aliphatic rings. The van der Waals surface area contributed by atoms with Crippen LogP contribution in [-0.2, 0) is 6.54 Å². The maximum absolute atomic E-state index is 13.3. The molecule has 0 fully saturated rings. The smallest absolute Gasteiger partial charge is 0.143 e. The summed E-state index contributed by atoms with van der Waals surface area (Å²) in [7, 11) is 0. The molecular formula is C12H14ClFN4. The fourth-order valence-corrected chi connectivity index (χ4v) is 1.78. The summed E-state index contributed by atoms with van der Waals surface area (Å²) in [6.07, 6.45) is 3.73. The lowest BCUT2D eigenvalue weighted by atomic mass is 10.2. The largest absolute Gasteiger partial charge is 0.397 e. The van der Waals surface area contributed by atoms with Gasteiger partial charge >= 0.3 is 0 Å². The Morgan fingerprint density at radius 1 is 1.50 bits per heavy atom. The first kappa shape index (κ1) is 12.7. The molecule has 0 saturated heterocycles. The number of aromatic nitrogens is 2. The van der Waals surface area contributed by atoms with Gasteiger partial charge in [0.15, 0.2) is 0 Å². The highest BCUT2D eigenvalue weighted by molar-refractivity contribution is 6.31. The third-order valence-corrected chi connectivity index (χ3v) is 2.80. The van der Waals surface area contributed by atoms with Gasteiger partial charge in [0, 0.05) is 18.8 Å². The van der Waals surface area contributed by atoms with Crippen LogP contribution in [0.1, 0.15) is 5.56 Å². The lowest BCUT2D eigenvalue weighted by Gasteiger charge is -2.10. The van der Waals surface area contributed by atoms with Crippen LogP contribution in [0.2, 0.25) is 5.02 Å². The fraction of sp³-hybridized carbons (Fsp3) is 0.250. The number of benzene rings is 1. The fourth-order valence-electron chi connectivity index (χ4n) is 1.61. The van der Waals surface area contributed by atoms with E-state index in [1.54, 1.807) is 6.20 Å². The lowest BCUT2D eigenvalue weighted by molar-refractivity contribution is 0.626. The SMILES string of the molecule is Cc1cnn(CCNc2cc(F)c(Cl)cc2N)c1. The molecule has 6 heteroatoms. The number of nitrogens with zero attached hydrogens (tertiary/aromatic N) is 2. The van der Waals surface area contributed by atoms with Crippen molar-refractivity contribution in [3.8, 4) is 0 Å². The Bertz CT molecular complexity index is 553. The Labute approximate surface area is 110 Å². The molecule has 3 N–H and O–H groups in total. The van der Waals surface area contributed by atoms with Gasteiger partial charge in [0.05, 0.1) is 29.1 Å². The zero-order chi connectivity index (χ0) is 13.1. The highest BCUT2D eigenvalue weighted by Gasteiger charge is 2.05. The number of nitrogens with two attached hydrogens (primary N) is 1. The third-order valence-electron chi connectivity index (χ3n) is 2.51. The van der Waals surface area contributed by atoms with Crippen molar-refractivity contribution in [2.75, 3.05) is 17.6 Å². The molecule has 0 bridgehead atoms. The number of nitrogen functional groups attached to an aromatic ring is 1. The van der Waals surface area contributed by atoms with E-state index in [2.05, 4.69) is 10.4 Å². The first-order valence-corrected chi connectivity index (χ1v) is 5.91. The van der Waals surface area contributed by atoms with Gasteiger partial charge in [0.25, 0.3) is 0 Å². The topological polar surface area (TPSA) is 55.9 Å². The van der Waals surface area contributed by atoms with Crippen molar-refractivity contribution < 1.29 is 4.39 Å². The van der Waals surface area contributed by atoms with Crippen LogP contribution in [0, 0.1) is 12.7 Å². The van der Waals surface area contributed by atoms with Crippen LogP contribution in [0.25, 0.3) is 0 Å². The van der Waals surface area contributed by atoms with Crippen LogP contribution in [0.5, 0.6) is 0 Å². The van der Waals surface area contributed by atoms with E-state index in [9.17, 15) is 4.39 Å². The number of halogens is 2. The Kier molecular flexibility index (Phi) is 3.72. The van der Waals surface area contributed by atoms with E-state index in [0.717, 1.165) is 5.56 Å². The first-order valence-electron chi connectivity index (χ1n) is 5.53. The molecule has 0 spiro atoms. The molecular weight excluding hydrogens is 255 g/mol. The predicted molar refractivity (Wildman–Crippen MR) is 71.3 cm³/mol. The van der Waals surface area contributed by atoms with Gasteiger partial charge in [-0.25, -0.2) is 4.39 Å². The summed E-state index contributed by atoms with van der Waals surface area (Å²) >= 11 is 5.62. The van der Waals surface area contributed by atoms with Crippen LogP contribution >= 0.6 is 11.6 Å². The van der Waals surface area contributed by atoms with E-state index in [0.29, 0.717) is 24.5 Å². The van der Waals surface area contributed by atoms with Gasteiger partial charge in [0.1, 0.15) is 5.82 Å². The minimum Gasteiger partial charge on any atom is -0.397 e. The number of hydrogen-bond acceptors (Lipinski definition) is 3. The molecule has 0 radical (unpaired) electrons. The van der Waals surface area contributed by atoms with Crippen LogP contribution in [-0.4, -0.2) is 16.3 Å². The Morgan fingerprint density at radius 2 is 2.28 bits per heavy atom. The second kappa shape index (κ2) is 5.27. The summed E-state index contributed by atoms with van der Waals surface area (Å²) in [4.78, 5) is 0. The van der Waals surface area contributed by atoms with E-state index in [1.165, 1.54) is 12.1 Å². The summed E-state index contributed by atoms with van der Waals surface area (Å²) in [6.45, 7) is 3.26. The first-order chi connectivity index (χ1) is 8.56. The van der Waals surface area contributed by atoms with Crippen molar-refractivity contribution >= 4 is 23.0 Å². The van der Waals surface area contributed by atoms with Crippen LogP contribution in [0.4, 0.5) is 15.8 Å². The van der Waals surface area contributed by atoms with E-state index in [-0.39, 0.29) is 5.02 Å². The van der Waals surface area contributed by atoms with E-state index in [1.807, 2.05) is 17.8 Å². The number of rotatable bonds is 4. The molecule has 2 aromatic rings. The van der Waals surface area contributed by atoms with Crippen molar-refractivity contribution in [1.29, 1.82) is 0 Å². The molecule has 0 atom stereocenters. The van der Waals surface area contributed by atoms with Crippen LogP contribution < -0.4 is 11.1 Å². The van der Waals surface area contributed by atoms with E-state index >= 15 is 0 Å². The van der Waals surface area contributed by atoms with Crippen LogP contribution in [0.15, 0.2) is 24.5 Å². The average molecular weight is 269 g/mol.